The van der Waals surface area contributed by atoms with Crippen LogP contribution in [0.5, 0.6) is 0 Å². The molecule has 0 bridgehead atoms. The van der Waals surface area contributed by atoms with Gasteiger partial charge in [-0.15, -0.1) is 11.8 Å². The van der Waals surface area contributed by atoms with E-state index < -0.39 is 0 Å². The third kappa shape index (κ3) is 2.29. The van der Waals surface area contributed by atoms with E-state index in [4.69, 9.17) is 0 Å². The number of pyridine rings is 1. The van der Waals surface area contributed by atoms with E-state index >= 15 is 0 Å². The molecular formula is C16H14N4S. The second-order valence-electron chi connectivity index (χ2n) is 4.87. The number of thioether (sulfide) groups is 1. The van der Waals surface area contributed by atoms with E-state index in [9.17, 15) is 0 Å². The van der Waals surface area contributed by atoms with Crippen LogP contribution in [0.4, 0.5) is 5.69 Å². The van der Waals surface area contributed by atoms with E-state index in [0.717, 1.165) is 17.3 Å². The largest absolute Gasteiger partial charge is 0.374 e. The maximum Gasteiger partial charge on any atom is 0.176 e. The Kier molecular flexibility index (Phi) is 3.12. The Balaban J connectivity index is 1.67. The van der Waals surface area contributed by atoms with Crippen molar-refractivity contribution in [1.29, 1.82) is 0 Å². The molecule has 3 heterocycles. The number of fused-ring (bicyclic) bond motifs is 1. The zero-order valence-electron chi connectivity index (χ0n) is 11.3. The van der Waals surface area contributed by atoms with Gasteiger partial charge in [-0.25, -0.2) is 9.67 Å². The summed E-state index contributed by atoms with van der Waals surface area (Å²) in [5.41, 5.74) is 2.36. The maximum absolute atomic E-state index is 4.45. The average molecular weight is 294 g/mol. The molecular weight excluding hydrogens is 280 g/mol. The molecule has 2 aromatic heterocycles. The molecule has 0 aliphatic carbocycles. The summed E-state index contributed by atoms with van der Waals surface area (Å²) in [5, 5.41) is 7.88. The summed E-state index contributed by atoms with van der Waals surface area (Å²) in [5.74, 6) is 1.86. The molecule has 1 aliphatic rings. The number of nitrogens with one attached hydrogen (secondary N) is 1. The Morgan fingerprint density at radius 3 is 2.95 bits per heavy atom. The van der Waals surface area contributed by atoms with Crippen molar-refractivity contribution < 1.29 is 0 Å². The van der Waals surface area contributed by atoms with Gasteiger partial charge in [0, 0.05) is 29.2 Å². The zero-order chi connectivity index (χ0) is 14.1. The van der Waals surface area contributed by atoms with Crippen molar-refractivity contribution in [3.63, 3.8) is 0 Å². The molecule has 4 rings (SSSR count). The van der Waals surface area contributed by atoms with Crippen LogP contribution in [0, 0.1) is 0 Å². The SMILES string of the molecule is c1cnc(-n2cccn2)c(NC2CSc3ccccc32)c1. The second-order valence-corrected chi connectivity index (χ2v) is 5.93. The minimum atomic E-state index is 0.310. The molecule has 1 aromatic carbocycles. The van der Waals surface area contributed by atoms with Gasteiger partial charge in [-0.3, -0.25) is 0 Å². The Bertz CT molecular complexity index is 754. The van der Waals surface area contributed by atoms with Crippen LogP contribution in [0.2, 0.25) is 0 Å². The van der Waals surface area contributed by atoms with Gasteiger partial charge in [-0.1, -0.05) is 18.2 Å². The van der Waals surface area contributed by atoms with Gasteiger partial charge >= 0.3 is 0 Å². The average Bonchev–Trinajstić information content (AvgIpc) is 3.18. The minimum Gasteiger partial charge on any atom is -0.374 e. The van der Waals surface area contributed by atoms with E-state index in [-0.39, 0.29) is 0 Å². The fourth-order valence-electron chi connectivity index (χ4n) is 2.56. The molecule has 0 amide bonds. The summed E-state index contributed by atoms with van der Waals surface area (Å²) >= 11 is 1.89. The zero-order valence-corrected chi connectivity index (χ0v) is 12.1. The first-order valence-electron chi connectivity index (χ1n) is 6.85. The quantitative estimate of drug-likeness (QED) is 0.802. The normalized spacial score (nSPS) is 16.7. The summed E-state index contributed by atoms with van der Waals surface area (Å²) in [4.78, 5) is 5.81. The molecule has 104 valence electrons. The lowest BCUT2D eigenvalue weighted by molar-refractivity contribution is 0.833. The van der Waals surface area contributed by atoms with Gasteiger partial charge in [-0.05, 0) is 29.8 Å². The van der Waals surface area contributed by atoms with Crippen LogP contribution in [-0.4, -0.2) is 20.5 Å². The standard InChI is InChI=1S/C16H14N4S/c1-2-7-15-12(5-1)14(11-21-15)19-13-6-3-8-17-16(13)20-10-4-9-18-20/h1-10,14,19H,11H2. The predicted molar refractivity (Wildman–Crippen MR) is 84.9 cm³/mol. The van der Waals surface area contributed by atoms with E-state index in [0.29, 0.717) is 6.04 Å². The first-order valence-corrected chi connectivity index (χ1v) is 7.84. The summed E-state index contributed by atoms with van der Waals surface area (Å²) in [6.45, 7) is 0. The van der Waals surface area contributed by atoms with E-state index in [1.165, 1.54) is 10.5 Å². The van der Waals surface area contributed by atoms with E-state index in [1.807, 2.05) is 30.1 Å². The van der Waals surface area contributed by atoms with Crippen LogP contribution in [0.1, 0.15) is 11.6 Å². The van der Waals surface area contributed by atoms with Crippen LogP contribution in [0.25, 0.3) is 5.82 Å². The number of rotatable bonds is 3. The Morgan fingerprint density at radius 1 is 1.10 bits per heavy atom. The molecule has 1 aliphatic heterocycles. The molecule has 21 heavy (non-hydrogen) atoms. The topological polar surface area (TPSA) is 42.7 Å². The van der Waals surface area contributed by atoms with Crippen molar-refractivity contribution in [2.24, 2.45) is 0 Å². The van der Waals surface area contributed by atoms with Gasteiger partial charge in [0.1, 0.15) is 0 Å². The Hall–Kier alpha value is -2.27. The van der Waals surface area contributed by atoms with Gasteiger partial charge in [0.25, 0.3) is 0 Å². The van der Waals surface area contributed by atoms with Crippen LogP contribution >= 0.6 is 11.8 Å². The van der Waals surface area contributed by atoms with Crippen LogP contribution in [-0.2, 0) is 0 Å². The van der Waals surface area contributed by atoms with Crippen LogP contribution in [0.15, 0.2) is 66.0 Å². The highest BCUT2D eigenvalue weighted by atomic mass is 32.2. The van der Waals surface area contributed by atoms with Gasteiger partial charge in [-0.2, -0.15) is 5.10 Å². The van der Waals surface area contributed by atoms with Crippen LogP contribution < -0.4 is 5.32 Å². The van der Waals surface area contributed by atoms with E-state index in [2.05, 4.69) is 45.7 Å². The van der Waals surface area contributed by atoms with Crippen molar-refractivity contribution in [3.8, 4) is 5.82 Å². The number of anilines is 1. The molecule has 0 saturated carbocycles. The van der Waals surface area contributed by atoms with Crippen molar-refractivity contribution in [1.82, 2.24) is 14.8 Å². The Morgan fingerprint density at radius 2 is 2.05 bits per heavy atom. The molecule has 0 spiro atoms. The smallest absolute Gasteiger partial charge is 0.176 e. The molecule has 4 nitrogen and oxygen atoms in total. The van der Waals surface area contributed by atoms with Crippen molar-refractivity contribution in [2.75, 3.05) is 11.1 Å². The van der Waals surface area contributed by atoms with Gasteiger partial charge < -0.3 is 5.32 Å². The summed E-state index contributed by atoms with van der Waals surface area (Å²) in [6.07, 6.45) is 5.46. The number of aromatic nitrogens is 3. The maximum atomic E-state index is 4.45. The third-order valence-corrected chi connectivity index (χ3v) is 4.72. The van der Waals surface area contributed by atoms with Crippen molar-refractivity contribution >= 4 is 17.4 Å². The number of hydrogen-bond acceptors (Lipinski definition) is 4. The summed E-state index contributed by atoms with van der Waals surface area (Å²) in [7, 11) is 0. The highest BCUT2D eigenvalue weighted by Crippen LogP contribution is 2.40. The van der Waals surface area contributed by atoms with E-state index in [1.54, 1.807) is 17.1 Å². The van der Waals surface area contributed by atoms with Gasteiger partial charge in [0.2, 0.25) is 0 Å². The highest BCUT2D eigenvalue weighted by Gasteiger charge is 2.23. The first-order chi connectivity index (χ1) is 10.4. The predicted octanol–water partition coefficient (Wildman–Crippen LogP) is 3.53. The monoisotopic (exact) mass is 294 g/mol. The minimum absolute atomic E-state index is 0.310. The third-order valence-electron chi connectivity index (χ3n) is 3.54. The molecule has 5 heteroatoms. The molecule has 0 radical (unpaired) electrons. The van der Waals surface area contributed by atoms with Crippen molar-refractivity contribution in [3.05, 3.63) is 66.6 Å². The lowest BCUT2D eigenvalue weighted by Gasteiger charge is -2.17. The van der Waals surface area contributed by atoms with Gasteiger partial charge in [0.05, 0.1) is 11.7 Å². The number of benzene rings is 1. The lowest BCUT2D eigenvalue weighted by atomic mass is 10.1. The highest BCUT2D eigenvalue weighted by molar-refractivity contribution is 7.99. The van der Waals surface area contributed by atoms with Gasteiger partial charge in [0.15, 0.2) is 5.82 Å². The molecule has 1 unspecified atom stereocenters. The molecule has 0 saturated heterocycles. The number of nitrogens with zero attached hydrogens (tertiary/aromatic N) is 3. The first kappa shape index (κ1) is 12.5. The number of hydrogen-bond donors (Lipinski definition) is 1. The molecule has 1 N–H and O–H groups in total. The Labute approximate surface area is 127 Å². The second kappa shape index (κ2) is 5.26. The summed E-state index contributed by atoms with van der Waals surface area (Å²) in [6, 6.07) is 14.8. The fraction of sp³-hybridized carbons (Fsp3) is 0.125. The molecule has 1 atom stereocenters. The van der Waals surface area contributed by atoms with Crippen molar-refractivity contribution in [2.45, 2.75) is 10.9 Å². The molecule has 0 fully saturated rings. The lowest BCUT2D eigenvalue weighted by Crippen LogP contribution is -2.13. The molecule has 3 aromatic rings. The fourth-order valence-corrected chi connectivity index (χ4v) is 3.72. The summed E-state index contributed by atoms with van der Waals surface area (Å²) < 4.78 is 1.79. The van der Waals surface area contributed by atoms with Crippen LogP contribution in [0.3, 0.4) is 0 Å².